The lowest BCUT2D eigenvalue weighted by molar-refractivity contribution is -0.165. The van der Waals surface area contributed by atoms with E-state index in [1.165, 1.54) is 17.0 Å². The molecule has 2 heterocycles. The molecule has 1 saturated heterocycles. The minimum absolute atomic E-state index is 0.0490. The number of ketones is 1. The number of likely N-dealkylation sites (tertiary alicyclic amines) is 1. The van der Waals surface area contributed by atoms with E-state index < -0.39 is 41.4 Å². The van der Waals surface area contributed by atoms with Gasteiger partial charge in [-0.25, -0.2) is 0 Å². The van der Waals surface area contributed by atoms with Crippen LogP contribution in [0.4, 0.5) is 0 Å². The van der Waals surface area contributed by atoms with Crippen LogP contribution in [0.2, 0.25) is 0 Å². The molecule has 2 fully saturated rings. The second-order valence-electron chi connectivity index (χ2n) is 7.67. The summed E-state index contributed by atoms with van der Waals surface area (Å²) in [7, 11) is 0. The fourth-order valence-electron chi connectivity index (χ4n) is 4.77. The van der Waals surface area contributed by atoms with Crippen LogP contribution in [0.3, 0.4) is 0 Å². The quantitative estimate of drug-likeness (QED) is 0.590. The summed E-state index contributed by atoms with van der Waals surface area (Å²) in [6, 6.07) is 6.02. The summed E-state index contributed by atoms with van der Waals surface area (Å²) >= 11 is 0. The van der Waals surface area contributed by atoms with E-state index in [0.717, 1.165) is 24.2 Å². The molecule has 0 aromatic heterocycles. The number of imide groups is 2. The van der Waals surface area contributed by atoms with Crippen molar-refractivity contribution in [1.29, 1.82) is 0 Å². The predicted octanol–water partition coefficient (Wildman–Crippen LogP) is 2.09. The number of Topliss-reactive ketones (excluding diaryl/α,β-unsaturated/α-hetero) is 1. The van der Waals surface area contributed by atoms with E-state index in [2.05, 4.69) is 0 Å². The first kappa shape index (κ1) is 18.5. The highest BCUT2D eigenvalue weighted by Crippen LogP contribution is 2.38. The van der Waals surface area contributed by atoms with Crippen LogP contribution in [-0.4, -0.2) is 50.8 Å². The number of hydrogen-bond acceptors (Lipinski definition) is 5. The van der Waals surface area contributed by atoms with Gasteiger partial charge in [-0.05, 0) is 31.4 Å². The molecule has 1 atom stereocenters. The van der Waals surface area contributed by atoms with E-state index in [9.17, 15) is 24.0 Å². The maximum absolute atomic E-state index is 13.6. The zero-order valence-electron chi connectivity index (χ0n) is 15.8. The number of nitrogens with zero attached hydrogens (tertiary/aromatic N) is 2. The number of fused-ring (bicyclic) bond motifs is 1. The van der Waals surface area contributed by atoms with Gasteiger partial charge in [-0.15, -0.1) is 0 Å². The summed E-state index contributed by atoms with van der Waals surface area (Å²) in [6.07, 6.45) is 3.71. The normalized spacial score (nSPS) is 26.2. The Hall–Kier alpha value is -2.83. The highest BCUT2D eigenvalue weighted by atomic mass is 16.2. The molecular weight excluding hydrogens is 360 g/mol. The summed E-state index contributed by atoms with van der Waals surface area (Å²) in [5.41, 5.74) is -1.58. The molecule has 0 spiro atoms. The molecule has 4 amide bonds. The molecular formula is C21H22N2O5. The van der Waals surface area contributed by atoms with Crippen LogP contribution in [0.25, 0.3) is 0 Å². The number of rotatable bonds is 3. The van der Waals surface area contributed by atoms with E-state index in [0.29, 0.717) is 12.8 Å². The van der Waals surface area contributed by atoms with Gasteiger partial charge in [0.1, 0.15) is 0 Å². The topological polar surface area (TPSA) is 91.8 Å². The third-order valence-corrected chi connectivity index (χ3v) is 6.24. The number of amides is 4. The van der Waals surface area contributed by atoms with Gasteiger partial charge in [-0.2, -0.15) is 0 Å². The lowest BCUT2D eigenvalue weighted by Crippen LogP contribution is -2.71. The molecule has 28 heavy (non-hydrogen) atoms. The first-order valence-electron chi connectivity index (χ1n) is 9.81. The summed E-state index contributed by atoms with van der Waals surface area (Å²) in [5.74, 6) is -3.23. The third-order valence-electron chi connectivity index (χ3n) is 6.24. The molecule has 0 bridgehead atoms. The maximum atomic E-state index is 13.6. The Morgan fingerprint density at radius 2 is 1.50 bits per heavy atom. The summed E-state index contributed by atoms with van der Waals surface area (Å²) < 4.78 is 0. The van der Waals surface area contributed by atoms with Crippen LogP contribution in [0.1, 0.15) is 72.6 Å². The Kier molecular flexibility index (Phi) is 4.40. The molecule has 1 saturated carbocycles. The Morgan fingerprint density at radius 3 is 2.04 bits per heavy atom. The molecule has 1 aromatic carbocycles. The van der Waals surface area contributed by atoms with Crippen LogP contribution in [0.15, 0.2) is 24.3 Å². The van der Waals surface area contributed by atoms with Crippen molar-refractivity contribution in [3.63, 3.8) is 0 Å². The van der Waals surface area contributed by atoms with E-state index in [4.69, 9.17) is 0 Å². The molecule has 7 nitrogen and oxygen atoms in total. The number of carbonyl (C=O) groups excluding carboxylic acids is 5. The van der Waals surface area contributed by atoms with Gasteiger partial charge in [-0.3, -0.25) is 33.8 Å². The fourth-order valence-corrected chi connectivity index (χ4v) is 4.77. The molecule has 7 heteroatoms. The summed E-state index contributed by atoms with van der Waals surface area (Å²) in [5, 5.41) is 0. The predicted molar refractivity (Wildman–Crippen MR) is 98.3 cm³/mol. The van der Waals surface area contributed by atoms with Gasteiger partial charge >= 0.3 is 0 Å². The molecule has 146 valence electrons. The average Bonchev–Trinajstić information content (AvgIpc) is 2.95. The third kappa shape index (κ3) is 2.38. The van der Waals surface area contributed by atoms with Crippen molar-refractivity contribution in [3.8, 4) is 0 Å². The van der Waals surface area contributed by atoms with Gasteiger partial charge in [0.15, 0.2) is 11.3 Å². The Labute approximate surface area is 162 Å². The number of hydrogen-bond donors (Lipinski definition) is 0. The molecule has 4 rings (SSSR count). The second-order valence-corrected chi connectivity index (χ2v) is 7.67. The van der Waals surface area contributed by atoms with Crippen molar-refractivity contribution in [2.24, 2.45) is 0 Å². The maximum Gasteiger partial charge on any atom is 0.263 e. The van der Waals surface area contributed by atoms with E-state index in [1.807, 2.05) is 0 Å². The van der Waals surface area contributed by atoms with Crippen LogP contribution < -0.4 is 0 Å². The summed E-state index contributed by atoms with van der Waals surface area (Å²) in [6.45, 7) is 1.61. The summed E-state index contributed by atoms with van der Waals surface area (Å²) in [4.78, 5) is 67.2. The van der Waals surface area contributed by atoms with Crippen LogP contribution in [0, 0.1) is 0 Å². The number of piperidine rings is 1. The molecule has 3 aliphatic rings. The smallest absolute Gasteiger partial charge is 0.263 e. The van der Waals surface area contributed by atoms with Gasteiger partial charge in [-0.1, -0.05) is 38.3 Å². The zero-order valence-corrected chi connectivity index (χ0v) is 15.8. The minimum Gasteiger partial charge on any atom is -0.296 e. The highest BCUT2D eigenvalue weighted by molar-refractivity contribution is 6.32. The Balaban J connectivity index is 1.80. The molecule has 2 aliphatic heterocycles. The van der Waals surface area contributed by atoms with Crippen molar-refractivity contribution in [3.05, 3.63) is 35.4 Å². The Morgan fingerprint density at radius 1 is 0.929 bits per heavy atom. The molecule has 0 radical (unpaired) electrons. The minimum atomic E-state index is -1.95. The van der Waals surface area contributed by atoms with Crippen LogP contribution in [0.5, 0.6) is 0 Å². The van der Waals surface area contributed by atoms with Crippen LogP contribution in [-0.2, 0) is 14.4 Å². The molecule has 1 aliphatic carbocycles. The van der Waals surface area contributed by atoms with E-state index in [-0.39, 0.29) is 23.6 Å². The van der Waals surface area contributed by atoms with Crippen molar-refractivity contribution in [2.75, 3.05) is 0 Å². The van der Waals surface area contributed by atoms with Gasteiger partial charge in [0.2, 0.25) is 5.91 Å². The van der Waals surface area contributed by atoms with Crippen molar-refractivity contribution in [2.45, 2.75) is 63.5 Å². The van der Waals surface area contributed by atoms with Gasteiger partial charge < -0.3 is 0 Å². The lowest BCUT2D eigenvalue weighted by atomic mass is 9.80. The first-order chi connectivity index (χ1) is 13.4. The van der Waals surface area contributed by atoms with Gasteiger partial charge in [0.05, 0.1) is 17.5 Å². The zero-order chi connectivity index (χ0) is 20.1. The molecule has 1 aromatic rings. The van der Waals surface area contributed by atoms with Gasteiger partial charge in [0, 0.05) is 6.04 Å². The number of carbonyl (C=O) groups is 5. The Bertz CT molecular complexity index is 867. The van der Waals surface area contributed by atoms with Crippen molar-refractivity contribution >= 4 is 29.4 Å². The second kappa shape index (κ2) is 6.65. The largest absolute Gasteiger partial charge is 0.296 e. The first-order valence-corrected chi connectivity index (χ1v) is 9.81. The van der Waals surface area contributed by atoms with Gasteiger partial charge in [0.25, 0.3) is 17.7 Å². The SMILES string of the molecule is CCC1(N2C(=O)c3ccccc3C2=O)C(=O)CC(=O)N(C2CCCCC2)C1=O. The number of benzene rings is 1. The van der Waals surface area contributed by atoms with E-state index >= 15 is 0 Å². The monoisotopic (exact) mass is 382 g/mol. The highest BCUT2D eigenvalue weighted by Gasteiger charge is 2.62. The van der Waals surface area contributed by atoms with Crippen molar-refractivity contribution in [1.82, 2.24) is 9.80 Å². The lowest BCUT2D eigenvalue weighted by Gasteiger charge is -2.46. The van der Waals surface area contributed by atoms with E-state index in [1.54, 1.807) is 19.1 Å². The van der Waals surface area contributed by atoms with Crippen LogP contribution >= 0.6 is 0 Å². The molecule has 0 N–H and O–H groups in total. The fraction of sp³-hybridized carbons (Fsp3) is 0.476. The van der Waals surface area contributed by atoms with Crippen molar-refractivity contribution < 1.29 is 24.0 Å². The average molecular weight is 382 g/mol. The standard InChI is InChI=1S/C21H22N2O5/c1-2-21(23-18(26)14-10-6-7-11-15(14)19(23)27)16(24)12-17(25)22(20(21)28)13-8-4-3-5-9-13/h6-7,10-11,13H,2-5,8-9,12H2,1H3. The molecule has 1 unspecified atom stereocenters.